The van der Waals surface area contributed by atoms with Crippen molar-refractivity contribution in [3.8, 4) is 0 Å². The number of aryl methyl sites for hydroxylation is 1. The van der Waals surface area contributed by atoms with E-state index >= 15 is 0 Å². The number of thioether (sulfide) groups is 1. The molecule has 1 heterocycles. The van der Waals surface area contributed by atoms with Gasteiger partial charge in [-0.05, 0) is 69.6 Å². The van der Waals surface area contributed by atoms with E-state index in [2.05, 4.69) is 51.0 Å². The molecule has 0 fully saturated rings. The Morgan fingerprint density at radius 3 is 2.59 bits per heavy atom. The number of anilines is 1. The first-order chi connectivity index (χ1) is 13.5. The van der Waals surface area contributed by atoms with Crippen LogP contribution in [0.5, 0.6) is 0 Å². The Morgan fingerprint density at radius 2 is 1.90 bits per heavy atom. The number of halogens is 1. The lowest BCUT2D eigenvalue weighted by Crippen LogP contribution is -2.33. The zero-order chi connectivity index (χ0) is 20.1. The van der Waals surface area contributed by atoms with Gasteiger partial charge in [0.2, 0.25) is 0 Å². The van der Waals surface area contributed by atoms with Crippen LogP contribution in [0.25, 0.3) is 10.2 Å². The van der Waals surface area contributed by atoms with Crippen molar-refractivity contribution in [2.45, 2.75) is 25.2 Å². The van der Waals surface area contributed by atoms with E-state index in [1.54, 1.807) is 23.1 Å². The molecule has 3 rings (SSSR count). The molecule has 4 nitrogen and oxygen atoms in total. The third kappa shape index (κ3) is 5.95. The van der Waals surface area contributed by atoms with Gasteiger partial charge in [0.25, 0.3) is 5.91 Å². The van der Waals surface area contributed by atoms with E-state index in [9.17, 15) is 4.79 Å². The van der Waals surface area contributed by atoms with Crippen molar-refractivity contribution in [1.82, 2.24) is 9.88 Å². The summed E-state index contributed by atoms with van der Waals surface area (Å²) in [6, 6.07) is 14.1. The van der Waals surface area contributed by atoms with E-state index in [4.69, 9.17) is 4.98 Å². The molecular formula is C22H28ClN3OS2. The van der Waals surface area contributed by atoms with Crippen molar-refractivity contribution in [1.29, 1.82) is 0 Å². The molecule has 0 aliphatic heterocycles. The summed E-state index contributed by atoms with van der Waals surface area (Å²) in [5.41, 5.74) is 2.85. The molecule has 0 aliphatic rings. The Hall–Kier alpha value is -1.60. The summed E-state index contributed by atoms with van der Waals surface area (Å²) in [7, 11) is 4.11. The smallest absolute Gasteiger partial charge is 0.260 e. The van der Waals surface area contributed by atoms with E-state index in [0.29, 0.717) is 6.54 Å². The lowest BCUT2D eigenvalue weighted by molar-refractivity contribution is 0.0986. The highest BCUT2D eigenvalue weighted by Gasteiger charge is 2.22. The van der Waals surface area contributed by atoms with Crippen molar-refractivity contribution in [3.05, 3.63) is 53.6 Å². The van der Waals surface area contributed by atoms with Crippen LogP contribution in [0.2, 0.25) is 0 Å². The Kier molecular flexibility index (Phi) is 8.96. The van der Waals surface area contributed by atoms with Crippen LogP contribution in [0.1, 0.15) is 29.3 Å². The van der Waals surface area contributed by atoms with Crippen molar-refractivity contribution in [2.24, 2.45) is 0 Å². The first-order valence-electron chi connectivity index (χ1n) is 9.55. The molecule has 0 unspecified atom stereocenters. The van der Waals surface area contributed by atoms with Gasteiger partial charge in [-0.1, -0.05) is 36.5 Å². The standard InChI is InChI=1S/C22H27N3OS2.ClH/c1-5-27-18-11-7-10-17(15-18)21(26)25(14-8-13-24(3)4)22-23-20-16(2)9-6-12-19(20)28-22;/h6-7,9-12,15H,5,8,13-14H2,1-4H3;1H. The topological polar surface area (TPSA) is 36.4 Å². The first kappa shape index (κ1) is 23.7. The van der Waals surface area contributed by atoms with Gasteiger partial charge in [0.15, 0.2) is 5.13 Å². The number of fused-ring (bicyclic) bond motifs is 1. The summed E-state index contributed by atoms with van der Waals surface area (Å²) in [5.74, 6) is 1.01. The summed E-state index contributed by atoms with van der Waals surface area (Å²) >= 11 is 3.34. The molecule has 1 amide bonds. The second-order valence-electron chi connectivity index (χ2n) is 6.99. The zero-order valence-electron chi connectivity index (χ0n) is 17.3. The second-order valence-corrected chi connectivity index (χ2v) is 9.34. The predicted molar refractivity (Wildman–Crippen MR) is 129 cm³/mol. The second kappa shape index (κ2) is 11.0. The minimum absolute atomic E-state index is 0. The number of nitrogens with zero attached hydrogens (tertiary/aromatic N) is 3. The Balaban J connectivity index is 0.00000300. The Labute approximate surface area is 187 Å². The number of para-hydroxylation sites is 1. The maximum atomic E-state index is 13.4. The largest absolute Gasteiger partial charge is 0.309 e. The fourth-order valence-electron chi connectivity index (χ4n) is 3.06. The number of thiazole rings is 1. The molecule has 0 saturated carbocycles. The summed E-state index contributed by atoms with van der Waals surface area (Å²) in [4.78, 5) is 23.3. The summed E-state index contributed by atoms with van der Waals surface area (Å²) < 4.78 is 1.12. The minimum Gasteiger partial charge on any atom is -0.309 e. The van der Waals surface area contributed by atoms with Crippen LogP contribution in [0.3, 0.4) is 0 Å². The van der Waals surface area contributed by atoms with Gasteiger partial charge in [0.1, 0.15) is 0 Å². The van der Waals surface area contributed by atoms with Gasteiger partial charge in [0.05, 0.1) is 10.2 Å². The first-order valence-corrected chi connectivity index (χ1v) is 11.4. The lowest BCUT2D eigenvalue weighted by atomic mass is 10.2. The summed E-state index contributed by atoms with van der Waals surface area (Å²) in [6.07, 6.45) is 0.900. The molecule has 0 N–H and O–H groups in total. The van der Waals surface area contributed by atoms with Gasteiger partial charge in [-0.2, -0.15) is 0 Å². The molecule has 0 radical (unpaired) electrons. The maximum absolute atomic E-state index is 13.4. The molecule has 0 aliphatic carbocycles. The number of aromatic nitrogens is 1. The monoisotopic (exact) mass is 449 g/mol. The molecule has 0 spiro atoms. The van der Waals surface area contributed by atoms with Gasteiger partial charge in [0, 0.05) is 17.0 Å². The molecule has 3 aromatic rings. The van der Waals surface area contributed by atoms with Crippen LogP contribution in [0.15, 0.2) is 47.4 Å². The average Bonchev–Trinajstić information content (AvgIpc) is 3.10. The fraction of sp³-hybridized carbons (Fsp3) is 0.364. The molecule has 7 heteroatoms. The van der Waals surface area contributed by atoms with Crippen LogP contribution in [-0.4, -0.2) is 48.7 Å². The number of benzene rings is 2. The normalized spacial score (nSPS) is 10.9. The SMILES string of the molecule is CCSc1cccc(C(=O)N(CCCN(C)C)c2nc3c(C)cccc3s2)c1.Cl. The van der Waals surface area contributed by atoms with Crippen LogP contribution in [0, 0.1) is 6.92 Å². The van der Waals surface area contributed by atoms with Crippen LogP contribution in [-0.2, 0) is 0 Å². The molecule has 0 saturated heterocycles. The highest BCUT2D eigenvalue weighted by atomic mass is 35.5. The molecule has 2 aromatic carbocycles. The third-order valence-electron chi connectivity index (χ3n) is 4.46. The Bertz CT molecular complexity index is 958. The number of carbonyl (C=O) groups is 1. The molecular weight excluding hydrogens is 422 g/mol. The maximum Gasteiger partial charge on any atom is 0.260 e. The lowest BCUT2D eigenvalue weighted by Gasteiger charge is -2.21. The van der Waals surface area contributed by atoms with E-state index in [0.717, 1.165) is 50.1 Å². The molecule has 0 bridgehead atoms. The van der Waals surface area contributed by atoms with Gasteiger partial charge >= 0.3 is 0 Å². The number of rotatable bonds is 8. The van der Waals surface area contributed by atoms with Crippen LogP contribution >= 0.6 is 35.5 Å². The van der Waals surface area contributed by atoms with Crippen molar-refractivity contribution in [2.75, 3.05) is 37.8 Å². The quantitative estimate of drug-likeness (QED) is 0.411. The van der Waals surface area contributed by atoms with Crippen molar-refractivity contribution in [3.63, 3.8) is 0 Å². The van der Waals surface area contributed by atoms with E-state index < -0.39 is 0 Å². The van der Waals surface area contributed by atoms with Crippen LogP contribution in [0.4, 0.5) is 5.13 Å². The van der Waals surface area contributed by atoms with E-state index in [1.165, 1.54) is 0 Å². The van der Waals surface area contributed by atoms with Gasteiger partial charge in [-0.25, -0.2) is 4.98 Å². The van der Waals surface area contributed by atoms with Crippen molar-refractivity contribution >= 4 is 56.8 Å². The minimum atomic E-state index is 0. The van der Waals surface area contributed by atoms with Gasteiger partial charge in [-0.15, -0.1) is 24.2 Å². The highest BCUT2D eigenvalue weighted by molar-refractivity contribution is 7.99. The number of amides is 1. The molecule has 156 valence electrons. The average molecular weight is 450 g/mol. The zero-order valence-corrected chi connectivity index (χ0v) is 19.8. The summed E-state index contributed by atoms with van der Waals surface area (Å²) in [6.45, 7) is 5.77. The number of carbonyl (C=O) groups excluding carboxylic acids is 1. The third-order valence-corrected chi connectivity index (χ3v) is 6.38. The highest BCUT2D eigenvalue weighted by Crippen LogP contribution is 2.32. The molecule has 1 aromatic heterocycles. The van der Waals surface area contributed by atoms with Gasteiger partial charge in [-0.3, -0.25) is 9.69 Å². The molecule has 29 heavy (non-hydrogen) atoms. The van der Waals surface area contributed by atoms with Gasteiger partial charge < -0.3 is 4.90 Å². The fourth-order valence-corrected chi connectivity index (χ4v) is 4.85. The number of hydrogen-bond donors (Lipinski definition) is 0. The van der Waals surface area contributed by atoms with Crippen LogP contribution < -0.4 is 4.90 Å². The summed E-state index contributed by atoms with van der Waals surface area (Å²) in [5, 5.41) is 0.779. The van der Waals surface area contributed by atoms with Crippen molar-refractivity contribution < 1.29 is 4.79 Å². The number of hydrogen-bond acceptors (Lipinski definition) is 5. The Morgan fingerprint density at radius 1 is 1.14 bits per heavy atom. The molecule has 0 atom stereocenters. The van der Waals surface area contributed by atoms with E-state index in [1.807, 2.05) is 29.2 Å². The van der Waals surface area contributed by atoms with E-state index in [-0.39, 0.29) is 18.3 Å². The predicted octanol–water partition coefficient (Wildman–Crippen LogP) is 5.74.